The summed E-state index contributed by atoms with van der Waals surface area (Å²) >= 11 is 1.63. The van der Waals surface area contributed by atoms with Crippen LogP contribution in [0.15, 0.2) is 29.4 Å². The average Bonchev–Trinajstić information content (AvgIpc) is 2.98. The van der Waals surface area contributed by atoms with Crippen molar-refractivity contribution in [3.63, 3.8) is 0 Å². The Labute approximate surface area is 145 Å². The van der Waals surface area contributed by atoms with Gasteiger partial charge in [0.05, 0.1) is 0 Å². The summed E-state index contributed by atoms with van der Waals surface area (Å²) in [6, 6.07) is 8.36. The predicted octanol–water partition coefficient (Wildman–Crippen LogP) is 2.98. The number of benzene rings is 1. The summed E-state index contributed by atoms with van der Waals surface area (Å²) in [6.45, 7) is 7.68. The highest BCUT2D eigenvalue weighted by Crippen LogP contribution is 2.25. The molecule has 0 amide bonds. The quantitative estimate of drug-likeness (QED) is 0.638. The molecule has 0 aliphatic carbocycles. The second-order valence-corrected chi connectivity index (χ2v) is 6.21. The van der Waals surface area contributed by atoms with Crippen LogP contribution in [0.4, 0.5) is 11.9 Å². The maximum Gasteiger partial charge on any atom is 0.261 e. The van der Waals surface area contributed by atoms with Gasteiger partial charge < -0.3 is 10.6 Å². The molecule has 0 aliphatic rings. The smallest absolute Gasteiger partial charge is 0.261 e. The van der Waals surface area contributed by atoms with E-state index >= 15 is 0 Å². The number of nitrogens with one attached hydrogen (secondary N) is 2. The molecule has 2 aromatic heterocycles. The Balaban J connectivity index is 1.92. The zero-order valence-corrected chi connectivity index (χ0v) is 14.9. The van der Waals surface area contributed by atoms with E-state index in [1.54, 1.807) is 11.8 Å². The van der Waals surface area contributed by atoms with Crippen LogP contribution in [0.25, 0.3) is 5.78 Å². The van der Waals surface area contributed by atoms with Crippen molar-refractivity contribution in [2.45, 2.75) is 31.7 Å². The number of aryl methyl sites for hydroxylation is 1. The number of anilines is 2. The van der Waals surface area contributed by atoms with Crippen molar-refractivity contribution < 1.29 is 0 Å². The number of aromatic nitrogens is 5. The molecule has 2 N–H and O–H groups in total. The summed E-state index contributed by atoms with van der Waals surface area (Å²) in [4.78, 5) is 8.94. The standard InChI is InChI=1S/C16H21N7S/c1-4-17-13-19-14(18-5-2)23-15(20-13)21-22-16(23)24-10-12-9-7-6-8-11(12)3/h6-9H,4-5,10H2,1-3H3,(H2,17,18,19,20,21). The Morgan fingerprint density at radius 2 is 1.83 bits per heavy atom. The Morgan fingerprint density at radius 1 is 1.04 bits per heavy atom. The van der Waals surface area contributed by atoms with Crippen LogP contribution in [-0.4, -0.2) is 37.7 Å². The van der Waals surface area contributed by atoms with E-state index in [0.29, 0.717) is 17.7 Å². The molecule has 0 radical (unpaired) electrons. The van der Waals surface area contributed by atoms with Crippen molar-refractivity contribution in [2.75, 3.05) is 23.7 Å². The lowest BCUT2D eigenvalue weighted by molar-refractivity contribution is 0.887. The van der Waals surface area contributed by atoms with Crippen LogP contribution in [0.2, 0.25) is 0 Å². The molecule has 2 heterocycles. The average molecular weight is 343 g/mol. The zero-order chi connectivity index (χ0) is 16.9. The van der Waals surface area contributed by atoms with Crippen molar-refractivity contribution in [3.05, 3.63) is 35.4 Å². The molecule has 7 nitrogen and oxygen atoms in total. The van der Waals surface area contributed by atoms with Gasteiger partial charge in [-0.1, -0.05) is 36.0 Å². The topological polar surface area (TPSA) is 80.0 Å². The van der Waals surface area contributed by atoms with Crippen LogP contribution in [0, 0.1) is 6.92 Å². The number of rotatable bonds is 7. The van der Waals surface area contributed by atoms with Gasteiger partial charge >= 0.3 is 0 Å². The number of fused-ring (bicyclic) bond motifs is 1. The van der Waals surface area contributed by atoms with E-state index in [0.717, 1.165) is 24.0 Å². The second kappa shape index (κ2) is 7.48. The first-order valence-corrected chi connectivity index (χ1v) is 8.99. The van der Waals surface area contributed by atoms with E-state index in [9.17, 15) is 0 Å². The zero-order valence-electron chi connectivity index (χ0n) is 14.1. The molecular formula is C16H21N7S. The van der Waals surface area contributed by atoms with Crippen molar-refractivity contribution in [3.8, 4) is 0 Å². The Kier molecular flexibility index (Phi) is 5.14. The van der Waals surface area contributed by atoms with Crippen molar-refractivity contribution in [1.29, 1.82) is 0 Å². The molecule has 8 heteroatoms. The molecule has 0 aliphatic heterocycles. The lowest BCUT2D eigenvalue weighted by atomic mass is 10.1. The van der Waals surface area contributed by atoms with Crippen LogP contribution in [-0.2, 0) is 5.75 Å². The minimum atomic E-state index is 0.546. The van der Waals surface area contributed by atoms with Crippen LogP contribution >= 0.6 is 11.8 Å². The predicted molar refractivity (Wildman–Crippen MR) is 97.6 cm³/mol. The largest absolute Gasteiger partial charge is 0.355 e. The fourth-order valence-electron chi connectivity index (χ4n) is 2.31. The lowest BCUT2D eigenvalue weighted by Crippen LogP contribution is -2.11. The van der Waals surface area contributed by atoms with Crippen LogP contribution in [0.5, 0.6) is 0 Å². The third-order valence-electron chi connectivity index (χ3n) is 3.53. The summed E-state index contributed by atoms with van der Waals surface area (Å²) in [6.07, 6.45) is 0. The minimum absolute atomic E-state index is 0.546. The molecule has 3 rings (SSSR count). The molecule has 3 aromatic rings. The van der Waals surface area contributed by atoms with Gasteiger partial charge in [-0.3, -0.25) is 0 Å². The van der Waals surface area contributed by atoms with E-state index in [1.807, 2.05) is 18.2 Å². The lowest BCUT2D eigenvalue weighted by Gasteiger charge is -2.10. The first-order valence-electron chi connectivity index (χ1n) is 8.01. The summed E-state index contributed by atoms with van der Waals surface area (Å²) in [7, 11) is 0. The third kappa shape index (κ3) is 3.43. The maximum atomic E-state index is 4.52. The SMILES string of the molecule is CCNc1nc(NCC)n2c(SCc3ccccc3C)nnc2n1. The van der Waals surface area contributed by atoms with Gasteiger partial charge in [-0.15, -0.1) is 10.2 Å². The second-order valence-electron chi connectivity index (χ2n) is 5.26. The van der Waals surface area contributed by atoms with E-state index in [1.165, 1.54) is 11.1 Å². The molecular weight excluding hydrogens is 322 g/mol. The molecule has 0 fully saturated rings. The van der Waals surface area contributed by atoms with Gasteiger partial charge in [0.25, 0.3) is 5.78 Å². The van der Waals surface area contributed by atoms with E-state index in [4.69, 9.17) is 0 Å². The molecule has 0 saturated carbocycles. The molecule has 0 bridgehead atoms. The van der Waals surface area contributed by atoms with E-state index < -0.39 is 0 Å². The number of hydrogen-bond acceptors (Lipinski definition) is 7. The van der Waals surface area contributed by atoms with Gasteiger partial charge in [-0.25, -0.2) is 4.40 Å². The highest BCUT2D eigenvalue weighted by Gasteiger charge is 2.14. The molecule has 0 atom stereocenters. The van der Waals surface area contributed by atoms with Gasteiger partial charge in [0.15, 0.2) is 5.16 Å². The molecule has 24 heavy (non-hydrogen) atoms. The van der Waals surface area contributed by atoms with Gasteiger partial charge in [0.1, 0.15) is 0 Å². The van der Waals surface area contributed by atoms with E-state index in [-0.39, 0.29) is 0 Å². The molecule has 0 unspecified atom stereocenters. The molecule has 0 saturated heterocycles. The first-order chi connectivity index (χ1) is 11.7. The van der Waals surface area contributed by atoms with Crippen molar-refractivity contribution >= 4 is 29.4 Å². The molecule has 0 spiro atoms. The monoisotopic (exact) mass is 343 g/mol. The molecule has 126 valence electrons. The fraction of sp³-hybridized carbons (Fsp3) is 0.375. The summed E-state index contributed by atoms with van der Waals surface area (Å²) < 4.78 is 1.87. The summed E-state index contributed by atoms with van der Waals surface area (Å²) in [5.41, 5.74) is 2.56. The number of hydrogen-bond donors (Lipinski definition) is 2. The van der Waals surface area contributed by atoms with Gasteiger partial charge in [-0.2, -0.15) is 9.97 Å². The third-order valence-corrected chi connectivity index (χ3v) is 4.51. The Morgan fingerprint density at radius 3 is 2.58 bits per heavy atom. The number of thioether (sulfide) groups is 1. The fourth-order valence-corrected chi connectivity index (χ4v) is 3.32. The normalized spacial score (nSPS) is 11.0. The van der Waals surface area contributed by atoms with Crippen LogP contribution in [0.1, 0.15) is 25.0 Å². The van der Waals surface area contributed by atoms with Gasteiger partial charge in [0.2, 0.25) is 11.9 Å². The van der Waals surface area contributed by atoms with Gasteiger partial charge in [-0.05, 0) is 31.9 Å². The van der Waals surface area contributed by atoms with Crippen LogP contribution < -0.4 is 10.6 Å². The number of nitrogens with zero attached hydrogens (tertiary/aromatic N) is 5. The minimum Gasteiger partial charge on any atom is -0.355 e. The van der Waals surface area contributed by atoms with Gasteiger partial charge in [0, 0.05) is 18.8 Å². The van der Waals surface area contributed by atoms with Crippen molar-refractivity contribution in [1.82, 2.24) is 24.6 Å². The van der Waals surface area contributed by atoms with Crippen molar-refractivity contribution in [2.24, 2.45) is 0 Å². The van der Waals surface area contributed by atoms with E-state index in [2.05, 4.69) is 62.0 Å². The first kappa shape index (κ1) is 16.5. The molecule has 1 aromatic carbocycles. The van der Waals surface area contributed by atoms with Crippen LogP contribution in [0.3, 0.4) is 0 Å². The summed E-state index contributed by atoms with van der Waals surface area (Å²) in [5.74, 6) is 2.64. The maximum absolute atomic E-state index is 4.52. The highest BCUT2D eigenvalue weighted by atomic mass is 32.2. The summed E-state index contributed by atoms with van der Waals surface area (Å²) in [5, 5.41) is 15.7. The Hall–Kier alpha value is -2.35. The highest BCUT2D eigenvalue weighted by molar-refractivity contribution is 7.98. The Bertz CT molecular complexity index is 830.